The Morgan fingerprint density at radius 1 is 1.73 bits per heavy atom. The summed E-state index contributed by atoms with van der Waals surface area (Å²) in [7, 11) is 0. The third kappa shape index (κ3) is 1.74. The van der Waals surface area contributed by atoms with Gasteiger partial charge in [-0.25, -0.2) is 4.39 Å². The second-order valence-corrected chi connectivity index (χ2v) is 2.42. The lowest BCUT2D eigenvalue weighted by Crippen LogP contribution is -1.96. The zero-order valence-corrected chi connectivity index (χ0v) is 6.52. The van der Waals surface area contributed by atoms with Crippen LogP contribution in [0, 0.1) is 12.7 Å². The summed E-state index contributed by atoms with van der Waals surface area (Å²) in [5.41, 5.74) is 0.439. The van der Waals surface area contributed by atoms with Crippen molar-refractivity contribution in [2.45, 2.75) is 6.92 Å². The van der Waals surface area contributed by atoms with Gasteiger partial charge in [0.1, 0.15) is 0 Å². The van der Waals surface area contributed by atoms with Crippen molar-refractivity contribution < 1.29 is 9.18 Å². The Morgan fingerprint density at radius 2 is 2.36 bits per heavy atom. The number of rotatable bonds is 1. The van der Waals surface area contributed by atoms with Gasteiger partial charge in [0.15, 0.2) is 5.82 Å². The predicted molar refractivity (Wildman–Crippen MR) is 39.1 cm³/mol. The van der Waals surface area contributed by atoms with Crippen LogP contribution in [0.15, 0.2) is 12.3 Å². The van der Waals surface area contributed by atoms with Gasteiger partial charge in [0.05, 0.1) is 11.8 Å². The highest BCUT2D eigenvalue weighted by Gasteiger charge is 2.08. The van der Waals surface area contributed by atoms with Gasteiger partial charge < -0.3 is 0 Å². The number of carbonyl (C=O) groups excluding carboxylic acids is 1. The first-order chi connectivity index (χ1) is 5.11. The van der Waals surface area contributed by atoms with Crippen LogP contribution in [0.5, 0.6) is 0 Å². The molecule has 1 aromatic rings. The molecule has 1 aromatic heterocycles. The standard InChI is InChI=1S/C7H5ClFNO/c1-4-2-5(7(8)11)6(9)3-10-4/h2-3H,1H3. The van der Waals surface area contributed by atoms with Crippen LogP contribution in [0.4, 0.5) is 4.39 Å². The molecule has 0 aromatic carbocycles. The van der Waals surface area contributed by atoms with Gasteiger partial charge in [-0.3, -0.25) is 9.78 Å². The highest BCUT2D eigenvalue weighted by atomic mass is 35.5. The molecule has 0 atom stereocenters. The van der Waals surface area contributed by atoms with Crippen molar-refractivity contribution in [3.05, 3.63) is 29.3 Å². The van der Waals surface area contributed by atoms with Crippen molar-refractivity contribution in [3.63, 3.8) is 0 Å². The van der Waals surface area contributed by atoms with E-state index in [1.54, 1.807) is 6.92 Å². The molecule has 4 heteroatoms. The molecule has 58 valence electrons. The Morgan fingerprint density at radius 3 is 2.82 bits per heavy atom. The smallest absolute Gasteiger partial charge is 0.255 e. The fraction of sp³-hybridized carbons (Fsp3) is 0.143. The maximum atomic E-state index is 12.7. The zero-order valence-electron chi connectivity index (χ0n) is 5.77. The summed E-state index contributed by atoms with van der Waals surface area (Å²) in [6, 6.07) is 1.31. The van der Waals surface area contributed by atoms with Gasteiger partial charge in [0.25, 0.3) is 5.24 Å². The Bertz CT molecular complexity index is 300. The fourth-order valence-corrected chi connectivity index (χ4v) is 0.839. The molecule has 11 heavy (non-hydrogen) atoms. The van der Waals surface area contributed by atoms with Crippen LogP contribution < -0.4 is 0 Å². The Hall–Kier alpha value is -0.960. The normalized spacial score (nSPS) is 9.73. The van der Waals surface area contributed by atoms with Crippen LogP contribution in [0.3, 0.4) is 0 Å². The fourth-order valence-electron chi connectivity index (χ4n) is 0.694. The van der Waals surface area contributed by atoms with Gasteiger partial charge in [0, 0.05) is 5.69 Å². The van der Waals surface area contributed by atoms with Crippen LogP contribution in [-0.2, 0) is 0 Å². The molecule has 0 saturated carbocycles. The third-order valence-corrected chi connectivity index (χ3v) is 1.41. The second kappa shape index (κ2) is 2.96. The van der Waals surface area contributed by atoms with E-state index in [1.807, 2.05) is 0 Å². The van der Waals surface area contributed by atoms with Gasteiger partial charge in [0.2, 0.25) is 0 Å². The molecule has 1 rings (SSSR count). The van der Waals surface area contributed by atoms with E-state index < -0.39 is 11.1 Å². The van der Waals surface area contributed by atoms with Crippen LogP contribution in [0.1, 0.15) is 16.1 Å². The van der Waals surface area contributed by atoms with E-state index in [-0.39, 0.29) is 5.56 Å². The average Bonchev–Trinajstić information content (AvgIpc) is 1.94. The molecule has 1 heterocycles. The largest absolute Gasteiger partial charge is 0.275 e. The van der Waals surface area contributed by atoms with E-state index in [0.29, 0.717) is 5.69 Å². The molecule has 0 saturated heterocycles. The number of aromatic nitrogens is 1. The highest BCUT2D eigenvalue weighted by Crippen LogP contribution is 2.09. The van der Waals surface area contributed by atoms with Gasteiger partial charge >= 0.3 is 0 Å². The third-order valence-electron chi connectivity index (χ3n) is 1.20. The van der Waals surface area contributed by atoms with Crippen molar-refractivity contribution in [1.82, 2.24) is 4.98 Å². The number of aryl methyl sites for hydroxylation is 1. The molecule has 0 fully saturated rings. The Labute approximate surface area is 68.0 Å². The lowest BCUT2D eigenvalue weighted by atomic mass is 10.2. The van der Waals surface area contributed by atoms with Gasteiger partial charge in [-0.2, -0.15) is 0 Å². The molecule has 0 N–H and O–H groups in total. The predicted octanol–water partition coefficient (Wildman–Crippen LogP) is 1.91. The van der Waals surface area contributed by atoms with Crippen molar-refractivity contribution in [3.8, 4) is 0 Å². The molecule has 0 aliphatic carbocycles. The Kier molecular flexibility index (Phi) is 2.19. The molecule has 2 nitrogen and oxygen atoms in total. The molecule has 0 unspecified atom stereocenters. The molecule has 0 spiro atoms. The minimum Gasteiger partial charge on any atom is -0.275 e. The topological polar surface area (TPSA) is 30.0 Å². The number of hydrogen-bond donors (Lipinski definition) is 0. The lowest BCUT2D eigenvalue weighted by Gasteiger charge is -1.96. The summed E-state index contributed by atoms with van der Waals surface area (Å²) in [5.74, 6) is -0.685. The summed E-state index contributed by atoms with van der Waals surface area (Å²) < 4.78 is 12.7. The maximum Gasteiger partial charge on any atom is 0.255 e. The van der Waals surface area contributed by atoms with Crippen LogP contribution in [0.25, 0.3) is 0 Å². The van der Waals surface area contributed by atoms with Crippen molar-refractivity contribution in [2.75, 3.05) is 0 Å². The summed E-state index contributed by atoms with van der Waals surface area (Å²) >= 11 is 5.07. The first kappa shape index (κ1) is 8.14. The number of halogens is 2. The van der Waals surface area contributed by atoms with Gasteiger partial charge in [-0.05, 0) is 24.6 Å². The number of pyridine rings is 1. The van der Waals surface area contributed by atoms with E-state index in [2.05, 4.69) is 4.98 Å². The van der Waals surface area contributed by atoms with E-state index in [9.17, 15) is 9.18 Å². The molecule has 0 amide bonds. The van der Waals surface area contributed by atoms with E-state index in [0.717, 1.165) is 6.20 Å². The lowest BCUT2D eigenvalue weighted by molar-refractivity contribution is 0.107. The molecule has 0 radical (unpaired) electrons. The molecule has 0 aliphatic heterocycles. The van der Waals surface area contributed by atoms with Gasteiger partial charge in [-0.15, -0.1) is 0 Å². The number of hydrogen-bond acceptors (Lipinski definition) is 2. The van der Waals surface area contributed by atoms with Crippen LogP contribution in [0.2, 0.25) is 0 Å². The molecular weight excluding hydrogens is 169 g/mol. The Balaban J connectivity index is 3.23. The quantitative estimate of drug-likeness (QED) is 0.608. The van der Waals surface area contributed by atoms with E-state index >= 15 is 0 Å². The molecular formula is C7H5ClFNO. The molecule has 0 bridgehead atoms. The van der Waals surface area contributed by atoms with Crippen LogP contribution in [-0.4, -0.2) is 10.2 Å². The minimum absolute atomic E-state index is 0.126. The van der Waals surface area contributed by atoms with Crippen molar-refractivity contribution >= 4 is 16.8 Å². The van der Waals surface area contributed by atoms with Crippen LogP contribution >= 0.6 is 11.6 Å². The first-order valence-corrected chi connectivity index (χ1v) is 3.31. The summed E-state index contributed by atoms with van der Waals surface area (Å²) in [6.45, 7) is 1.66. The maximum absolute atomic E-state index is 12.7. The van der Waals surface area contributed by atoms with E-state index in [1.165, 1.54) is 6.07 Å². The summed E-state index contributed by atoms with van der Waals surface area (Å²) in [6.07, 6.45) is 0.977. The minimum atomic E-state index is -0.798. The average molecular weight is 174 g/mol. The van der Waals surface area contributed by atoms with Crippen molar-refractivity contribution in [2.24, 2.45) is 0 Å². The summed E-state index contributed by atoms with van der Waals surface area (Å²) in [5, 5.41) is -0.798. The second-order valence-electron chi connectivity index (χ2n) is 2.08. The zero-order chi connectivity index (χ0) is 8.43. The van der Waals surface area contributed by atoms with Crippen molar-refractivity contribution in [1.29, 1.82) is 0 Å². The summed E-state index contributed by atoms with van der Waals surface area (Å²) in [4.78, 5) is 14.2. The SMILES string of the molecule is Cc1cc(C(=O)Cl)c(F)cn1. The monoisotopic (exact) mass is 173 g/mol. The number of nitrogens with zero attached hydrogens (tertiary/aromatic N) is 1. The number of carbonyl (C=O) groups is 1. The van der Waals surface area contributed by atoms with E-state index in [4.69, 9.17) is 11.6 Å². The van der Waals surface area contributed by atoms with Gasteiger partial charge in [-0.1, -0.05) is 0 Å². The molecule has 0 aliphatic rings. The first-order valence-electron chi connectivity index (χ1n) is 2.93. The highest BCUT2D eigenvalue weighted by molar-refractivity contribution is 6.67.